The van der Waals surface area contributed by atoms with Crippen molar-refractivity contribution in [2.45, 2.75) is 26.7 Å². The first-order chi connectivity index (χ1) is 8.17. The molecule has 5 heteroatoms. The van der Waals surface area contributed by atoms with E-state index >= 15 is 0 Å². The Hall–Kier alpha value is -1.36. The molecule has 0 radical (unpaired) electrons. The van der Waals surface area contributed by atoms with Gasteiger partial charge in [-0.1, -0.05) is 18.5 Å². The summed E-state index contributed by atoms with van der Waals surface area (Å²) in [6, 6.07) is 1.63. The molecule has 0 aliphatic rings. The first kappa shape index (κ1) is 13.7. The monoisotopic (exact) mass is 240 g/mol. The number of nitrogens with zero attached hydrogens (tertiary/aromatic N) is 1. The Morgan fingerprint density at radius 3 is 2.94 bits per heavy atom. The van der Waals surface area contributed by atoms with Crippen LogP contribution in [0.3, 0.4) is 0 Å². The number of methoxy groups -OCH3 is 1. The average Bonchev–Trinajstić information content (AvgIpc) is 2.76. The van der Waals surface area contributed by atoms with Gasteiger partial charge in [0.05, 0.1) is 0 Å². The minimum Gasteiger partial charge on any atom is -0.385 e. The van der Waals surface area contributed by atoms with E-state index in [0.717, 1.165) is 19.4 Å². The largest absolute Gasteiger partial charge is 0.385 e. The van der Waals surface area contributed by atoms with E-state index in [2.05, 4.69) is 17.4 Å². The van der Waals surface area contributed by atoms with E-state index in [1.807, 2.05) is 0 Å². The highest BCUT2D eigenvalue weighted by Crippen LogP contribution is 2.07. The van der Waals surface area contributed by atoms with Gasteiger partial charge >= 0.3 is 0 Å². The summed E-state index contributed by atoms with van der Waals surface area (Å²) in [5.74, 6) is 0.895. The molecule has 1 unspecified atom stereocenters. The molecule has 17 heavy (non-hydrogen) atoms. The van der Waals surface area contributed by atoms with Crippen LogP contribution < -0.4 is 5.32 Å². The molecule has 1 aromatic heterocycles. The van der Waals surface area contributed by atoms with Crippen LogP contribution in [-0.4, -0.2) is 31.3 Å². The topological polar surface area (TPSA) is 64.4 Å². The lowest BCUT2D eigenvalue weighted by molar-refractivity contribution is 0.0932. The number of ether oxygens (including phenoxy) is 1. The van der Waals surface area contributed by atoms with E-state index in [1.54, 1.807) is 20.1 Å². The third-order valence-electron chi connectivity index (χ3n) is 2.72. The Bertz CT molecular complexity index is 349. The van der Waals surface area contributed by atoms with Gasteiger partial charge in [-0.25, -0.2) is 0 Å². The van der Waals surface area contributed by atoms with E-state index in [4.69, 9.17) is 9.26 Å². The number of amides is 1. The molecule has 1 N–H and O–H groups in total. The van der Waals surface area contributed by atoms with Gasteiger partial charge in [0, 0.05) is 26.3 Å². The summed E-state index contributed by atoms with van der Waals surface area (Å²) in [5, 5.41) is 6.53. The van der Waals surface area contributed by atoms with Gasteiger partial charge in [0.15, 0.2) is 5.69 Å². The summed E-state index contributed by atoms with van der Waals surface area (Å²) in [5.41, 5.74) is 0.337. The highest BCUT2D eigenvalue weighted by atomic mass is 16.5. The number of aromatic nitrogens is 1. The summed E-state index contributed by atoms with van der Waals surface area (Å²) in [7, 11) is 1.68. The number of carbonyl (C=O) groups excluding carboxylic acids is 1. The maximum absolute atomic E-state index is 11.7. The van der Waals surface area contributed by atoms with Gasteiger partial charge in [-0.15, -0.1) is 0 Å². The minimum absolute atomic E-state index is 0.183. The molecule has 5 nitrogen and oxygen atoms in total. The van der Waals surface area contributed by atoms with Crippen molar-refractivity contribution in [3.05, 3.63) is 17.5 Å². The minimum atomic E-state index is -0.183. The average molecular weight is 240 g/mol. The van der Waals surface area contributed by atoms with E-state index in [1.165, 1.54) is 0 Å². The molecule has 0 aromatic carbocycles. The zero-order chi connectivity index (χ0) is 12.7. The first-order valence-corrected chi connectivity index (χ1v) is 5.87. The lowest BCUT2D eigenvalue weighted by Gasteiger charge is -2.14. The van der Waals surface area contributed by atoms with Crippen molar-refractivity contribution < 1.29 is 14.1 Å². The molecule has 96 valence electrons. The quantitative estimate of drug-likeness (QED) is 0.789. The molecule has 1 heterocycles. The van der Waals surface area contributed by atoms with Gasteiger partial charge in [-0.05, 0) is 19.3 Å². The van der Waals surface area contributed by atoms with Crippen molar-refractivity contribution in [2.24, 2.45) is 5.92 Å². The third kappa shape index (κ3) is 4.56. The SMILES string of the molecule is CCC(CCOC)CNC(=O)c1cc(C)on1. The van der Waals surface area contributed by atoms with Gasteiger partial charge in [-0.2, -0.15) is 0 Å². The van der Waals surface area contributed by atoms with Crippen molar-refractivity contribution in [1.82, 2.24) is 10.5 Å². The maximum Gasteiger partial charge on any atom is 0.273 e. The van der Waals surface area contributed by atoms with Gasteiger partial charge in [0.25, 0.3) is 5.91 Å². The van der Waals surface area contributed by atoms with E-state index in [-0.39, 0.29) is 5.91 Å². The van der Waals surface area contributed by atoms with E-state index < -0.39 is 0 Å². The van der Waals surface area contributed by atoms with Crippen LogP contribution in [0.4, 0.5) is 0 Å². The number of carbonyl (C=O) groups is 1. The molecule has 0 saturated carbocycles. The Labute approximate surface area is 102 Å². The van der Waals surface area contributed by atoms with Gasteiger partial charge in [0.2, 0.25) is 0 Å². The fourth-order valence-corrected chi connectivity index (χ4v) is 1.54. The predicted octanol–water partition coefficient (Wildman–Crippen LogP) is 1.78. The molecule has 1 atom stereocenters. The molecule has 0 aliphatic heterocycles. The summed E-state index contributed by atoms with van der Waals surface area (Å²) in [6.45, 7) is 5.23. The highest BCUT2D eigenvalue weighted by Gasteiger charge is 2.13. The normalized spacial score (nSPS) is 12.4. The summed E-state index contributed by atoms with van der Waals surface area (Å²) in [4.78, 5) is 11.7. The standard InChI is InChI=1S/C12H20N2O3/c1-4-10(5-6-16-3)8-13-12(15)11-7-9(2)17-14-11/h7,10H,4-6,8H2,1-3H3,(H,13,15). The number of nitrogens with one attached hydrogen (secondary N) is 1. The number of rotatable bonds is 7. The van der Waals surface area contributed by atoms with Crippen LogP contribution in [0.5, 0.6) is 0 Å². The van der Waals surface area contributed by atoms with Crippen molar-refractivity contribution >= 4 is 5.91 Å². The number of hydrogen-bond acceptors (Lipinski definition) is 4. The summed E-state index contributed by atoms with van der Waals surface area (Å²) < 4.78 is 9.88. The second-order valence-corrected chi connectivity index (χ2v) is 4.09. The Balaban J connectivity index is 2.36. The van der Waals surface area contributed by atoms with E-state index in [0.29, 0.717) is 23.9 Å². The number of hydrogen-bond donors (Lipinski definition) is 1. The zero-order valence-corrected chi connectivity index (χ0v) is 10.7. The van der Waals surface area contributed by atoms with Crippen LogP contribution >= 0.6 is 0 Å². The molecule has 1 aromatic rings. The second kappa shape index (κ2) is 7.06. The molecule has 0 aliphatic carbocycles. The van der Waals surface area contributed by atoms with Crippen LogP contribution in [0, 0.1) is 12.8 Å². The molecule has 1 amide bonds. The maximum atomic E-state index is 11.7. The van der Waals surface area contributed by atoms with Gasteiger partial charge < -0.3 is 14.6 Å². The van der Waals surface area contributed by atoms with Crippen LogP contribution in [0.15, 0.2) is 10.6 Å². The Morgan fingerprint density at radius 2 is 2.41 bits per heavy atom. The number of aryl methyl sites for hydroxylation is 1. The fourth-order valence-electron chi connectivity index (χ4n) is 1.54. The van der Waals surface area contributed by atoms with Crippen molar-refractivity contribution in [2.75, 3.05) is 20.3 Å². The van der Waals surface area contributed by atoms with Crippen molar-refractivity contribution in [1.29, 1.82) is 0 Å². The Morgan fingerprint density at radius 1 is 1.65 bits per heavy atom. The second-order valence-electron chi connectivity index (χ2n) is 4.09. The van der Waals surface area contributed by atoms with Gasteiger partial charge in [0.1, 0.15) is 5.76 Å². The lowest BCUT2D eigenvalue weighted by atomic mass is 10.0. The molecular formula is C12H20N2O3. The molecule has 0 spiro atoms. The van der Waals surface area contributed by atoms with Gasteiger partial charge in [-0.3, -0.25) is 4.79 Å². The van der Waals surface area contributed by atoms with Crippen LogP contribution in [-0.2, 0) is 4.74 Å². The van der Waals surface area contributed by atoms with Crippen LogP contribution in [0.2, 0.25) is 0 Å². The molecule has 1 rings (SSSR count). The fraction of sp³-hybridized carbons (Fsp3) is 0.667. The van der Waals surface area contributed by atoms with Crippen molar-refractivity contribution in [3.8, 4) is 0 Å². The smallest absolute Gasteiger partial charge is 0.273 e. The predicted molar refractivity (Wildman–Crippen MR) is 63.8 cm³/mol. The van der Waals surface area contributed by atoms with E-state index in [9.17, 15) is 4.79 Å². The lowest BCUT2D eigenvalue weighted by Crippen LogP contribution is -2.29. The molecule has 0 saturated heterocycles. The van der Waals surface area contributed by atoms with Crippen LogP contribution in [0.25, 0.3) is 0 Å². The van der Waals surface area contributed by atoms with Crippen LogP contribution in [0.1, 0.15) is 36.0 Å². The zero-order valence-electron chi connectivity index (χ0n) is 10.7. The first-order valence-electron chi connectivity index (χ1n) is 5.87. The molecular weight excluding hydrogens is 220 g/mol. The third-order valence-corrected chi connectivity index (χ3v) is 2.72. The summed E-state index contributed by atoms with van der Waals surface area (Å²) in [6.07, 6.45) is 1.96. The Kier molecular flexibility index (Phi) is 5.69. The summed E-state index contributed by atoms with van der Waals surface area (Å²) >= 11 is 0. The highest BCUT2D eigenvalue weighted by molar-refractivity contribution is 5.92. The molecule has 0 fully saturated rings. The van der Waals surface area contributed by atoms with Crippen molar-refractivity contribution in [3.63, 3.8) is 0 Å². The molecule has 0 bridgehead atoms.